The molecule has 1 amide bonds. The fourth-order valence-corrected chi connectivity index (χ4v) is 3.53. The molecule has 2 aromatic carbocycles. The standard InChI is InChI=1S/C21H20N4O2/c1-12-11-21(2,3)23-17-13(12)8-6-9-15(17)19(26)25-24-18-14-7-4-5-10-16(14)22-20(18)27/h4-11,22-23,27H,1-3H3. The topological polar surface area (TPSA) is 89.8 Å². The first-order chi connectivity index (χ1) is 12.9. The third-order valence-corrected chi connectivity index (χ3v) is 4.64. The van der Waals surface area contributed by atoms with E-state index in [1.165, 1.54) is 0 Å². The van der Waals surface area contributed by atoms with E-state index in [-0.39, 0.29) is 17.1 Å². The van der Waals surface area contributed by atoms with Gasteiger partial charge in [0.2, 0.25) is 5.88 Å². The summed E-state index contributed by atoms with van der Waals surface area (Å²) in [5.41, 5.74) is 4.02. The number of para-hydroxylation sites is 2. The van der Waals surface area contributed by atoms with Crippen molar-refractivity contribution in [2.45, 2.75) is 26.3 Å². The maximum Gasteiger partial charge on any atom is 0.297 e. The number of aromatic hydroxyl groups is 1. The zero-order valence-electron chi connectivity index (χ0n) is 15.4. The Balaban J connectivity index is 1.73. The van der Waals surface area contributed by atoms with Gasteiger partial charge in [-0.05, 0) is 38.5 Å². The second-order valence-corrected chi connectivity index (χ2v) is 7.28. The highest BCUT2D eigenvalue weighted by Crippen LogP contribution is 2.37. The maximum absolute atomic E-state index is 12.8. The number of allylic oxidation sites excluding steroid dienone is 1. The molecule has 3 aromatic rings. The molecular weight excluding hydrogens is 340 g/mol. The Morgan fingerprint density at radius 1 is 1.11 bits per heavy atom. The van der Waals surface area contributed by atoms with Crippen LogP contribution in [0.5, 0.6) is 5.88 Å². The molecule has 1 aliphatic rings. The minimum atomic E-state index is -0.463. The monoisotopic (exact) mass is 360 g/mol. The van der Waals surface area contributed by atoms with Crippen LogP contribution in [0, 0.1) is 0 Å². The minimum Gasteiger partial charge on any atom is -0.493 e. The van der Waals surface area contributed by atoms with Gasteiger partial charge in [-0.1, -0.05) is 36.4 Å². The van der Waals surface area contributed by atoms with Gasteiger partial charge >= 0.3 is 0 Å². The highest BCUT2D eigenvalue weighted by atomic mass is 16.3. The number of aromatic nitrogens is 1. The van der Waals surface area contributed by atoms with Crippen molar-refractivity contribution in [3.63, 3.8) is 0 Å². The Morgan fingerprint density at radius 2 is 1.89 bits per heavy atom. The van der Waals surface area contributed by atoms with Crippen LogP contribution in [0.4, 0.5) is 11.4 Å². The number of carbonyl (C=O) groups is 1. The fourth-order valence-electron chi connectivity index (χ4n) is 3.53. The van der Waals surface area contributed by atoms with Crippen LogP contribution in [0.25, 0.3) is 16.5 Å². The highest BCUT2D eigenvalue weighted by molar-refractivity contribution is 6.03. The second-order valence-electron chi connectivity index (χ2n) is 7.28. The molecule has 0 bridgehead atoms. The van der Waals surface area contributed by atoms with Gasteiger partial charge < -0.3 is 15.4 Å². The lowest BCUT2D eigenvalue weighted by Crippen LogP contribution is -2.32. The molecule has 0 fully saturated rings. The van der Waals surface area contributed by atoms with Crippen LogP contribution in [0.1, 0.15) is 36.7 Å². The predicted octanol–water partition coefficient (Wildman–Crippen LogP) is 5.41. The third kappa shape index (κ3) is 2.99. The molecule has 1 aromatic heterocycles. The smallest absolute Gasteiger partial charge is 0.297 e. The molecule has 1 aliphatic heterocycles. The summed E-state index contributed by atoms with van der Waals surface area (Å²) in [6.45, 7) is 6.12. The first-order valence-electron chi connectivity index (χ1n) is 8.72. The van der Waals surface area contributed by atoms with E-state index in [9.17, 15) is 9.90 Å². The van der Waals surface area contributed by atoms with E-state index in [0.717, 1.165) is 22.3 Å². The lowest BCUT2D eigenvalue weighted by molar-refractivity contribution is 0.0995. The number of aromatic amines is 1. The number of rotatable bonds is 2. The van der Waals surface area contributed by atoms with Gasteiger partial charge in [-0.2, -0.15) is 0 Å². The zero-order valence-corrected chi connectivity index (χ0v) is 15.4. The largest absolute Gasteiger partial charge is 0.493 e. The number of hydrogen-bond donors (Lipinski definition) is 3. The molecule has 4 rings (SSSR count). The van der Waals surface area contributed by atoms with Gasteiger partial charge in [0.1, 0.15) is 0 Å². The maximum atomic E-state index is 12.8. The summed E-state index contributed by atoms with van der Waals surface area (Å²) in [6.07, 6.45) is 2.13. The normalized spacial score (nSPS) is 15.4. The molecule has 6 heteroatoms. The van der Waals surface area contributed by atoms with E-state index in [4.69, 9.17) is 0 Å². The van der Waals surface area contributed by atoms with Crippen LogP contribution in [0.15, 0.2) is 58.8 Å². The van der Waals surface area contributed by atoms with Crippen LogP contribution in [0.3, 0.4) is 0 Å². The summed E-state index contributed by atoms with van der Waals surface area (Å²) in [5.74, 6) is -0.574. The Kier molecular flexibility index (Phi) is 3.84. The molecular formula is C21H20N4O2. The Hall–Kier alpha value is -3.41. The molecule has 0 radical (unpaired) electrons. The number of azo groups is 1. The molecule has 0 aliphatic carbocycles. The molecule has 0 spiro atoms. The van der Waals surface area contributed by atoms with E-state index in [2.05, 4.69) is 26.6 Å². The van der Waals surface area contributed by atoms with Gasteiger partial charge in [-0.25, -0.2) is 0 Å². The van der Waals surface area contributed by atoms with Crippen molar-refractivity contribution in [3.8, 4) is 5.88 Å². The average molecular weight is 360 g/mol. The molecule has 0 unspecified atom stereocenters. The van der Waals surface area contributed by atoms with E-state index >= 15 is 0 Å². The zero-order chi connectivity index (χ0) is 19.2. The molecule has 2 heterocycles. The molecule has 3 N–H and O–H groups in total. The average Bonchev–Trinajstić information content (AvgIpc) is 2.93. The van der Waals surface area contributed by atoms with E-state index < -0.39 is 5.91 Å². The quantitative estimate of drug-likeness (QED) is 0.534. The van der Waals surface area contributed by atoms with Gasteiger partial charge in [-0.3, -0.25) is 4.79 Å². The molecule has 0 saturated carbocycles. The number of hydrogen-bond acceptors (Lipinski definition) is 4. The number of carbonyl (C=O) groups excluding carboxylic acids is 1. The van der Waals surface area contributed by atoms with Crippen LogP contribution in [-0.2, 0) is 0 Å². The number of anilines is 1. The van der Waals surface area contributed by atoms with E-state index in [1.54, 1.807) is 6.07 Å². The third-order valence-electron chi connectivity index (χ3n) is 4.64. The SMILES string of the molecule is CC1=CC(C)(C)Nc2c(C(=O)N=Nc3c(O)[nH]c4ccccc34)cccc21. The van der Waals surface area contributed by atoms with Crippen molar-refractivity contribution < 1.29 is 9.90 Å². The Labute approximate surface area is 156 Å². The van der Waals surface area contributed by atoms with E-state index in [1.807, 2.05) is 57.2 Å². The summed E-state index contributed by atoms with van der Waals surface area (Å²) in [6, 6.07) is 12.9. The second kappa shape index (κ2) is 6.09. The van der Waals surface area contributed by atoms with Gasteiger partial charge in [0.15, 0.2) is 5.69 Å². The van der Waals surface area contributed by atoms with Gasteiger partial charge in [-0.15, -0.1) is 10.2 Å². The van der Waals surface area contributed by atoms with Crippen molar-refractivity contribution >= 4 is 33.8 Å². The van der Waals surface area contributed by atoms with Crippen molar-refractivity contribution in [2.75, 3.05) is 5.32 Å². The van der Waals surface area contributed by atoms with Crippen molar-refractivity contribution in [1.29, 1.82) is 0 Å². The van der Waals surface area contributed by atoms with Gasteiger partial charge in [0.25, 0.3) is 5.91 Å². The number of amides is 1. The molecule has 0 atom stereocenters. The molecule has 136 valence electrons. The summed E-state index contributed by atoms with van der Waals surface area (Å²) in [4.78, 5) is 15.6. The lowest BCUT2D eigenvalue weighted by atomic mass is 9.89. The molecule has 27 heavy (non-hydrogen) atoms. The molecule has 0 saturated heterocycles. The summed E-state index contributed by atoms with van der Waals surface area (Å²) >= 11 is 0. The number of fused-ring (bicyclic) bond motifs is 2. The Morgan fingerprint density at radius 3 is 2.70 bits per heavy atom. The van der Waals surface area contributed by atoms with E-state index in [0.29, 0.717) is 10.9 Å². The number of benzene rings is 2. The summed E-state index contributed by atoms with van der Waals surface area (Å²) < 4.78 is 0. The van der Waals surface area contributed by atoms with Crippen molar-refractivity contribution in [1.82, 2.24) is 4.98 Å². The van der Waals surface area contributed by atoms with Crippen LogP contribution < -0.4 is 5.32 Å². The van der Waals surface area contributed by atoms with Crippen LogP contribution in [0.2, 0.25) is 0 Å². The highest BCUT2D eigenvalue weighted by Gasteiger charge is 2.26. The number of nitrogens with zero attached hydrogens (tertiary/aromatic N) is 2. The number of nitrogens with one attached hydrogen (secondary N) is 2. The van der Waals surface area contributed by atoms with Crippen molar-refractivity contribution in [3.05, 3.63) is 59.7 Å². The molecule has 6 nitrogen and oxygen atoms in total. The lowest BCUT2D eigenvalue weighted by Gasteiger charge is -2.32. The minimum absolute atomic E-state index is 0.110. The first-order valence-corrected chi connectivity index (χ1v) is 8.72. The van der Waals surface area contributed by atoms with Crippen LogP contribution >= 0.6 is 0 Å². The first kappa shape index (κ1) is 17.0. The summed E-state index contributed by atoms with van der Waals surface area (Å²) in [5, 5.41) is 22.1. The number of H-pyrrole nitrogens is 1. The summed E-state index contributed by atoms with van der Waals surface area (Å²) in [7, 11) is 0. The van der Waals surface area contributed by atoms with Crippen LogP contribution in [-0.4, -0.2) is 21.5 Å². The Bertz CT molecular complexity index is 1120. The van der Waals surface area contributed by atoms with Gasteiger partial charge in [0, 0.05) is 10.9 Å². The predicted molar refractivity (Wildman–Crippen MR) is 107 cm³/mol. The fraction of sp³-hybridized carbons (Fsp3) is 0.190. The van der Waals surface area contributed by atoms with Crippen molar-refractivity contribution in [2.24, 2.45) is 10.2 Å². The van der Waals surface area contributed by atoms with Gasteiger partial charge in [0.05, 0.1) is 22.3 Å².